The molecule has 1 N–H and O–H groups in total. The van der Waals surface area contributed by atoms with Crippen LogP contribution in [0.25, 0.3) is 0 Å². The van der Waals surface area contributed by atoms with Crippen LogP contribution in [0.5, 0.6) is 0 Å². The van der Waals surface area contributed by atoms with Gasteiger partial charge in [-0.05, 0) is 41.5 Å². The zero-order chi connectivity index (χ0) is 19.5. The molecule has 7 nitrogen and oxygen atoms in total. The van der Waals surface area contributed by atoms with E-state index in [1.165, 1.54) is 7.11 Å². The second kappa shape index (κ2) is 8.01. The molecule has 146 valence electrons. The maximum Gasteiger partial charge on any atom is 0.306 e. The molecular formula is C18H33NO6. The Balaban J connectivity index is 2.69. The SMILES string of the molecule is COC(=O)CCC(=O)OC1CC(C)(C)N(OCC(C)(C)O)C(C)(C)C1. The normalized spacial score (nSPS) is 21.0. The van der Waals surface area contributed by atoms with Gasteiger partial charge in [-0.3, -0.25) is 14.4 Å². The number of piperidine rings is 1. The van der Waals surface area contributed by atoms with Crippen molar-refractivity contribution in [3.8, 4) is 0 Å². The second-order valence-corrected chi connectivity index (χ2v) is 8.60. The highest BCUT2D eigenvalue weighted by Gasteiger charge is 2.48. The van der Waals surface area contributed by atoms with E-state index >= 15 is 0 Å². The summed E-state index contributed by atoms with van der Waals surface area (Å²) in [7, 11) is 1.29. The standard InChI is InChI=1S/C18H33NO6/c1-16(2)10-13(25-15(21)9-8-14(20)23-7)11-17(3,4)19(16)24-12-18(5,6)22/h13,22H,8-12H2,1-7H3. The topological polar surface area (TPSA) is 85.3 Å². The summed E-state index contributed by atoms with van der Waals surface area (Å²) in [6.07, 6.45) is 0.994. The molecule has 0 aromatic heterocycles. The third kappa shape index (κ3) is 6.92. The lowest BCUT2D eigenvalue weighted by Crippen LogP contribution is -2.62. The van der Waals surface area contributed by atoms with Crippen LogP contribution in [0.4, 0.5) is 0 Å². The van der Waals surface area contributed by atoms with Crippen molar-refractivity contribution in [2.24, 2.45) is 0 Å². The van der Waals surface area contributed by atoms with E-state index in [9.17, 15) is 14.7 Å². The minimum atomic E-state index is -0.927. The molecule has 0 amide bonds. The van der Waals surface area contributed by atoms with Crippen molar-refractivity contribution in [3.05, 3.63) is 0 Å². The maximum absolute atomic E-state index is 12.0. The molecule has 0 bridgehead atoms. The highest BCUT2D eigenvalue weighted by molar-refractivity contribution is 5.77. The molecular weight excluding hydrogens is 326 g/mol. The molecule has 7 heteroatoms. The Bertz CT molecular complexity index is 462. The third-order valence-electron chi connectivity index (χ3n) is 4.16. The van der Waals surface area contributed by atoms with E-state index in [2.05, 4.69) is 4.74 Å². The molecule has 0 aliphatic carbocycles. The van der Waals surface area contributed by atoms with Crippen LogP contribution in [-0.2, 0) is 23.9 Å². The lowest BCUT2D eigenvalue weighted by atomic mass is 9.80. The van der Waals surface area contributed by atoms with Gasteiger partial charge in [-0.1, -0.05) is 0 Å². The Morgan fingerprint density at radius 1 is 1.08 bits per heavy atom. The Labute approximate surface area is 150 Å². The highest BCUT2D eigenvalue weighted by Crippen LogP contribution is 2.40. The van der Waals surface area contributed by atoms with Crippen LogP contribution in [-0.4, -0.2) is 58.6 Å². The van der Waals surface area contributed by atoms with Gasteiger partial charge in [0.15, 0.2) is 0 Å². The summed E-state index contributed by atoms with van der Waals surface area (Å²) in [5.74, 6) is -0.819. The van der Waals surface area contributed by atoms with Crippen LogP contribution in [0.15, 0.2) is 0 Å². The number of hydrogen-bond acceptors (Lipinski definition) is 7. The van der Waals surface area contributed by atoms with Crippen molar-refractivity contribution < 1.29 is 29.0 Å². The predicted octanol–water partition coefficient (Wildman–Crippen LogP) is 2.21. The molecule has 1 fully saturated rings. The quantitative estimate of drug-likeness (QED) is 0.698. The van der Waals surface area contributed by atoms with Crippen molar-refractivity contribution >= 4 is 11.9 Å². The van der Waals surface area contributed by atoms with Crippen molar-refractivity contribution in [2.75, 3.05) is 13.7 Å². The number of aliphatic hydroxyl groups is 1. The van der Waals surface area contributed by atoms with Gasteiger partial charge < -0.3 is 14.6 Å². The molecule has 0 aromatic rings. The number of rotatable bonds is 7. The van der Waals surface area contributed by atoms with Gasteiger partial charge >= 0.3 is 11.9 Å². The smallest absolute Gasteiger partial charge is 0.306 e. The van der Waals surface area contributed by atoms with Crippen molar-refractivity contribution in [1.82, 2.24) is 5.06 Å². The number of ether oxygens (including phenoxy) is 2. The summed E-state index contributed by atoms with van der Waals surface area (Å²) in [5.41, 5.74) is -1.68. The Hall–Kier alpha value is -1.18. The van der Waals surface area contributed by atoms with Gasteiger partial charge in [0.05, 0.1) is 32.2 Å². The first kappa shape index (κ1) is 21.9. The molecule has 1 saturated heterocycles. The molecule has 0 aromatic carbocycles. The van der Waals surface area contributed by atoms with E-state index in [1.807, 2.05) is 32.8 Å². The predicted molar refractivity (Wildman–Crippen MR) is 92.6 cm³/mol. The van der Waals surface area contributed by atoms with Gasteiger partial charge in [0.2, 0.25) is 0 Å². The van der Waals surface area contributed by atoms with Crippen LogP contribution in [0, 0.1) is 0 Å². The van der Waals surface area contributed by atoms with Gasteiger partial charge in [-0.15, -0.1) is 0 Å². The number of esters is 2. The minimum Gasteiger partial charge on any atom is -0.469 e. The van der Waals surface area contributed by atoms with E-state index < -0.39 is 17.5 Å². The van der Waals surface area contributed by atoms with Gasteiger partial charge in [-0.2, -0.15) is 5.06 Å². The van der Waals surface area contributed by atoms with Gasteiger partial charge in [0.1, 0.15) is 6.10 Å². The fraction of sp³-hybridized carbons (Fsp3) is 0.889. The van der Waals surface area contributed by atoms with Crippen LogP contribution in [0.3, 0.4) is 0 Å². The molecule has 0 unspecified atom stereocenters. The number of nitrogens with zero attached hydrogens (tertiary/aromatic N) is 1. The van der Waals surface area contributed by atoms with Gasteiger partial charge in [0.25, 0.3) is 0 Å². The summed E-state index contributed by atoms with van der Waals surface area (Å²) in [6.45, 7) is 11.7. The van der Waals surface area contributed by atoms with E-state index in [0.29, 0.717) is 12.8 Å². The summed E-state index contributed by atoms with van der Waals surface area (Å²) >= 11 is 0. The van der Waals surface area contributed by atoms with E-state index in [0.717, 1.165) is 0 Å². The molecule has 1 rings (SSSR count). The summed E-state index contributed by atoms with van der Waals surface area (Å²) < 4.78 is 10.1. The van der Waals surface area contributed by atoms with Gasteiger partial charge in [0, 0.05) is 23.9 Å². The average Bonchev–Trinajstić information content (AvgIpc) is 2.40. The number of hydrogen-bond donors (Lipinski definition) is 1. The molecule has 0 radical (unpaired) electrons. The number of methoxy groups -OCH3 is 1. The third-order valence-corrected chi connectivity index (χ3v) is 4.16. The van der Waals surface area contributed by atoms with Crippen LogP contribution < -0.4 is 0 Å². The van der Waals surface area contributed by atoms with Crippen molar-refractivity contribution in [1.29, 1.82) is 0 Å². The van der Waals surface area contributed by atoms with Crippen LogP contribution >= 0.6 is 0 Å². The molecule has 0 saturated carbocycles. The summed E-state index contributed by atoms with van der Waals surface area (Å²) in [6, 6.07) is 0. The maximum atomic E-state index is 12.0. The largest absolute Gasteiger partial charge is 0.469 e. The molecule has 0 spiro atoms. The van der Waals surface area contributed by atoms with Crippen LogP contribution in [0.2, 0.25) is 0 Å². The van der Waals surface area contributed by atoms with Crippen LogP contribution in [0.1, 0.15) is 67.2 Å². The molecule has 1 aliphatic rings. The molecule has 25 heavy (non-hydrogen) atoms. The lowest BCUT2D eigenvalue weighted by Gasteiger charge is -2.53. The van der Waals surface area contributed by atoms with E-state index in [-0.39, 0.29) is 36.6 Å². The Morgan fingerprint density at radius 2 is 1.56 bits per heavy atom. The molecule has 0 atom stereocenters. The number of hydroxylamine groups is 2. The molecule has 1 aliphatic heterocycles. The van der Waals surface area contributed by atoms with Crippen molar-refractivity contribution in [2.45, 2.75) is 90.0 Å². The average molecular weight is 359 g/mol. The number of carbonyl (C=O) groups is 2. The second-order valence-electron chi connectivity index (χ2n) is 8.60. The highest BCUT2D eigenvalue weighted by atomic mass is 16.7. The fourth-order valence-corrected chi connectivity index (χ4v) is 3.38. The van der Waals surface area contributed by atoms with Crippen molar-refractivity contribution in [3.63, 3.8) is 0 Å². The zero-order valence-electron chi connectivity index (χ0n) is 16.5. The fourth-order valence-electron chi connectivity index (χ4n) is 3.38. The van der Waals surface area contributed by atoms with Gasteiger partial charge in [-0.25, -0.2) is 0 Å². The Morgan fingerprint density at radius 3 is 2.00 bits per heavy atom. The molecule has 1 heterocycles. The first-order valence-electron chi connectivity index (χ1n) is 8.69. The zero-order valence-corrected chi connectivity index (χ0v) is 16.5. The van der Waals surface area contributed by atoms with E-state index in [1.54, 1.807) is 13.8 Å². The van der Waals surface area contributed by atoms with E-state index in [4.69, 9.17) is 9.57 Å². The summed E-state index contributed by atoms with van der Waals surface area (Å²) in [4.78, 5) is 29.0. The lowest BCUT2D eigenvalue weighted by molar-refractivity contribution is -0.306. The monoisotopic (exact) mass is 359 g/mol. The minimum absolute atomic E-state index is 0.0168. The Kier molecular flexibility index (Phi) is 7.01. The number of carbonyl (C=O) groups excluding carboxylic acids is 2. The first-order chi connectivity index (χ1) is 11.3. The summed E-state index contributed by atoms with van der Waals surface area (Å²) in [5, 5.41) is 11.8. The first-order valence-corrected chi connectivity index (χ1v) is 8.69.